The van der Waals surface area contributed by atoms with Gasteiger partial charge in [0.25, 0.3) is 5.91 Å². The first kappa shape index (κ1) is 15.4. The van der Waals surface area contributed by atoms with E-state index in [0.717, 1.165) is 0 Å². The lowest BCUT2D eigenvalue weighted by atomic mass is 10.2. The first-order valence-corrected chi connectivity index (χ1v) is 7.23. The van der Waals surface area contributed by atoms with E-state index in [2.05, 4.69) is 5.32 Å². The smallest absolute Gasteiger partial charge is 0.265 e. The zero-order chi connectivity index (χ0) is 16.4. The van der Waals surface area contributed by atoms with Crippen molar-refractivity contribution in [2.75, 3.05) is 12.1 Å². The summed E-state index contributed by atoms with van der Waals surface area (Å²) in [5.74, 6) is 0.612. The zero-order valence-corrected chi connectivity index (χ0v) is 12.9. The van der Waals surface area contributed by atoms with E-state index in [-0.39, 0.29) is 17.7 Å². The average molecular weight is 338 g/mol. The molecule has 23 heavy (non-hydrogen) atoms. The summed E-state index contributed by atoms with van der Waals surface area (Å²) in [6.45, 7) is 1.75. The standard InChI is InChI=1S/C16H13ClFNO4/c1-9(23-11-3-4-13(18)12(17)7-11)16(20)19-10-2-5-14-15(6-10)22-8-21-14/h2-7,9H,8H2,1H3,(H,19,20)/t9-/m1/s1. The van der Waals surface area contributed by atoms with Gasteiger partial charge >= 0.3 is 0 Å². The van der Waals surface area contributed by atoms with Gasteiger partial charge in [0.05, 0.1) is 5.02 Å². The van der Waals surface area contributed by atoms with Crippen LogP contribution in [-0.4, -0.2) is 18.8 Å². The Morgan fingerprint density at radius 3 is 2.83 bits per heavy atom. The van der Waals surface area contributed by atoms with Crippen molar-refractivity contribution in [2.24, 2.45) is 0 Å². The summed E-state index contributed by atoms with van der Waals surface area (Å²) >= 11 is 5.68. The van der Waals surface area contributed by atoms with Gasteiger partial charge < -0.3 is 19.5 Å². The Kier molecular flexibility index (Phi) is 4.25. The van der Waals surface area contributed by atoms with E-state index in [1.165, 1.54) is 18.2 Å². The second kappa shape index (κ2) is 6.34. The number of anilines is 1. The van der Waals surface area contributed by atoms with Gasteiger partial charge in [0.2, 0.25) is 6.79 Å². The van der Waals surface area contributed by atoms with E-state index >= 15 is 0 Å². The van der Waals surface area contributed by atoms with E-state index in [4.69, 9.17) is 25.8 Å². The van der Waals surface area contributed by atoms with Gasteiger partial charge in [-0.3, -0.25) is 4.79 Å². The van der Waals surface area contributed by atoms with Crippen molar-refractivity contribution < 1.29 is 23.4 Å². The number of nitrogens with one attached hydrogen (secondary N) is 1. The molecule has 1 amide bonds. The van der Waals surface area contributed by atoms with Crippen molar-refractivity contribution in [2.45, 2.75) is 13.0 Å². The van der Waals surface area contributed by atoms with Gasteiger partial charge in [-0.2, -0.15) is 0 Å². The maximum Gasteiger partial charge on any atom is 0.265 e. The maximum absolute atomic E-state index is 13.1. The van der Waals surface area contributed by atoms with Crippen LogP contribution in [0, 0.1) is 5.82 Å². The highest BCUT2D eigenvalue weighted by atomic mass is 35.5. The fourth-order valence-electron chi connectivity index (χ4n) is 2.03. The fraction of sp³-hybridized carbons (Fsp3) is 0.188. The first-order valence-electron chi connectivity index (χ1n) is 6.85. The Hall–Kier alpha value is -2.47. The molecule has 2 aromatic carbocycles. The van der Waals surface area contributed by atoms with Crippen LogP contribution >= 0.6 is 11.6 Å². The molecular weight excluding hydrogens is 325 g/mol. The van der Waals surface area contributed by atoms with Crippen LogP contribution in [0.15, 0.2) is 36.4 Å². The minimum Gasteiger partial charge on any atom is -0.481 e. The molecule has 0 aliphatic carbocycles. The lowest BCUT2D eigenvalue weighted by Crippen LogP contribution is -2.30. The highest BCUT2D eigenvalue weighted by Gasteiger charge is 2.18. The van der Waals surface area contributed by atoms with Crippen molar-refractivity contribution in [3.63, 3.8) is 0 Å². The van der Waals surface area contributed by atoms with Gasteiger partial charge in [0.15, 0.2) is 17.6 Å². The molecule has 1 aliphatic heterocycles. The van der Waals surface area contributed by atoms with E-state index in [0.29, 0.717) is 22.9 Å². The quantitative estimate of drug-likeness (QED) is 0.926. The number of halogens is 2. The van der Waals surface area contributed by atoms with Gasteiger partial charge in [-0.1, -0.05) is 11.6 Å². The lowest BCUT2D eigenvalue weighted by Gasteiger charge is -2.15. The molecule has 0 unspecified atom stereocenters. The number of benzene rings is 2. The number of fused-ring (bicyclic) bond motifs is 1. The largest absolute Gasteiger partial charge is 0.481 e. The van der Waals surface area contributed by atoms with Crippen LogP contribution in [0.3, 0.4) is 0 Å². The third kappa shape index (κ3) is 3.48. The van der Waals surface area contributed by atoms with Gasteiger partial charge in [-0.15, -0.1) is 0 Å². The Morgan fingerprint density at radius 2 is 2.04 bits per heavy atom. The Bertz CT molecular complexity index is 753. The maximum atomic E-state index is 13.1. The number of hydrogen-bond donors (Lipinski definition) is 1. The highest BCUT2D eigenvalue weighted by Crippen LogP contribution is 2.34. The number of rotatable bonds is 4. The van der Waals surface area contributed by atoms with Crippen molar-refractivity contribution in [1.29, 1.82) is 0 Å². The molecule has 1 aliphatic rings. The van der Waals surface area contributed by atoms with Crippen LogP contribution in [0.25, 0.3) is 0 Å². The number of ether oxygens (including phenoxy) is 3. The molecule has 1 heterocycles. The topological polar surface area (TPSA) is 56.8 Å². The number of hydrogen-bond acceptors (Lipinski definition) is 4. The van der Waals surface area contributed by atoms with E-state index in [1.807, 2.05) is 0 Å². The van der Waals surface area contributed by atoms with Crippen LogP contribution in [-0.2, 0) is 4.79 Å². The minimum absolute atomic E-state index is 0.0640. The zero-order valence-electron chi connectivity index (χ0n) is 12.1. The van der Waals surface area contributed by atoms with Gasteiger partial charge in [0.1, 0.15) is 11.6 Å². The monoisotopic (exact) mass is 337 g/mol. The summed E-state index contributed by atoms with van der Waals surface area (Å²) in [6.07, 6.45) is -0.790. The van der Waals surface area contributed by atoms with E-state index in [1.54, 1.807) is 25.1 Å². The van der Waals surface area contributed by atoms with Crippen LogP contribution in [0.4, 0.5) is 10.1 Å². The fourth-order valence-corrected chi connectivity index (χ4v) is 2.20. The molecule has 0 bridgehead atoms. The third-order valence-electron chi connectivity index (χ3n) is 3.21. The Labute approximate surface area is 136 Å². The Balaban J connectivity index is 1.64. The van der Waals surface area contributed by atoms with Crippen molar-refractivity contribution in [3.8, 4) is 17.2 Å². The van der Waals surface area contributed by atoms with E-state index in [9.17, 15) is 9.18 Å². The summed E-state index contributed by atoms with van der Waals surface area (Å²) < 4.78 is 29.0. The minimum atomic E-state index is -0.790. The SMILES string of the molecule is C[C@@H](Oc1ccc(F)c(Cl)c1)C(=O)Nc1ccc2c(c1)OCO2. The second-order valence-corrected chi connectivity index (χ2v) is 5.30. The highest BCUT2D eigenvalue weighted by molar-refractivity contribution is 6.30. The molecular formula is C16H13ClFNO4. The molecule has 120 valence electrons. The average Bonchev–Trinajstić information content (AvgIpc) is 2.98. The molecule has 2 aromatic rings. The molecule has 5 nitrogen and oxygen atoms in total. The summed E-state index contributed by atoms with van der Waals surface area (Å²) in [6, 6.07) is 8.99. The van der Waals surface area contributed by atoms with Gasteiger partial charge in [0, 0.05) is 17.8 Å². The van der Waals surface area contributed by atoms with Crippen LogP contribution < -0.4 is 19.5 Å². The van der Waals surface area contributed by atoms with Gasteiger partial charge in [-0.25, -0.2) is 4.39 Å². The lowest BCUT2D eigenvalue weighted by molar-refractivity contribution is -0.122. The van der Waals surface area contributed by atoms with Crippen molar-refractivity contribution in [1.82, 2.24) is 0 Å². The molecule has 0 saturated heterocycles. The van der Waals surface area contributed by atoms with Crippen LogP contribution in [0.5, 0.6) is 17.2 Å². The number of carbonyl (C=O) groups excluding carboxylic acids is 1. The van der Waals surface area contributed by atoms with Crippen LogP contribution in [0.1, 0.15) is 6.92 Å². The summed E-state index contributed by atoms with van der Waals surface area (Å²) in [7, 11) is 0. The summed E-state index contributed by atoms with van der Waals surface area (Å²) in [5.41, 5.74) is 0.562. The van der Waals surface area contributed by atoms with Crippen molar-refractivity contribution >= 4 is 23.2 Å². The predicted molar refractivity (Wildman–Crippen MR) is 82.7 cm³/mol. The molecule has 3 rings (SSSR count). The number of carbonyl (C=O) groups is 1. The molecule has 1 atom stereocenters. The molecule has 0 spiro atoms. The van der Waals surface area contributed by atoms with Crippen molar-refractivity contribution in [3.05, 3.63) is 47.2 Å². The summed E-state index contributed by atoms with van der Waals surface area (Å²) in [4.78, 5) is 12.2. The van der Waals surface area contributed by atoms with E-state index < -0.39 is 11.9 Å². The molecule has 1 N–H and O–H groups in total. The summed E-state index contributed by atoms with van der Waals surface area (Å²) in [5, 5.41) is 2.65. The van der Waals surface area contributed by atoms with Gasteiger partial charge in [-0.05, 0) is 31.2 Å². The molecule has 7 heteroatoms. The molecule has 0 saturated carbocycles. The Morgan fingerprint density at radius 1 is 1.26 bits per heavy atom. The normalized spacial score (nSPS) is 13.5. The van der Waals surface area contributed by atoms with Crippen LogP contribution in [0.2, 0.25) is 5.02 Å². The molecule has 0 aromatic heterocycles. The molecule has 0 radical (unpaired) electrons. The second-order valence-electron chi connectivity index (χ2n) is 4.89. The first-order chi connectivity index (χ1) is 11.0. The predicted octanol–water partition coefficient (Wildman–Crippen LogP) is 3.61. The molecule has 0 fully saturated rings. The third-order valence-corrected chi connectivity index (χ3v) is 3.50. The number of amides is 1.